The number of anilines is 2. The van der Waals surface area contributed by atoms with Crippen LogP contribution in [0.5, 0.6) is 0 Å². The molecule has 1 heterocycles. The molecule has 0 aromatic heterocycles. The zero-order valence-electron chi connectivity index (χ0n) is 20.9. The number of nitriles is 1. The molecule has 0 bridgehead atoms. The standard InChI is InChI=1S/C30H29N3O2S/c1-19(2)23-13-11-22(12-14-23)17-27-29(35)33(25-15-10-20(3)21(4)16-25)30(36-27)26(18-31)28(34)32-24-8-6-5-7-9-24/h5-16,19,27H,17H2,1-4H3,(H,32,34)/b30-26-. The number of para-hydroxylation sites is 1. The van der Waals surface area contributed by atoms with Gasteiger partial charge >= 0.3 is 0 Å². The fourth-order valence-corrected chi connectivity index (χ4v) is 5.36. The third kappa shape index (κ3) is 5.37. The number of carbonyl (C=O) groups is 2. The predicted molar refractivity (Wildman–Crippen MR) is 147 cm³/mol. The van der Waals surface area contributed by atoms with Crippen molar-refractivity contribution < 1.29 is 9.59 Å². The minimum absolute atomic E-state index is 0.0758. The maximum atomic E-state index is 13.7. The van der Waals surface area contributed by atoms with Crippen LogP contribution < -0.4 is 10.2 Å². The number of rotatable bonds is 6. The number of carbonyl (C=O) groups excluding carboxylic acids is 2. The zero-order chi connectivity index (χ0) is 25.8. The van der Waals surface area contributed by atoms with Gasteiger partial charge in [0.15, 0.2) is 0 Å². The van der Waals surface area contributed by atoms with Gasteiger partial charge < -0.3 is 5.32 Å². The van der Waals surface area contributed by atoms with Crippen LogP contribution in [0.15, 0.2) is 83.4 Å². The number of amides is 2. The smallest absolute Gasteiger partial charge is 0.269 e. The van der Waals surface area contributed by atoms with Crippen molar-refractivity contribution in [2.24, 2.45) is 0 Å². The topological polar surface area (TPSA) is 73.2 Å². The normalized spacial score (nSPS) is 16.7. The van der Waals surface area contributed by atoms with Gasteiger partial charge in [-0.15, -0.1) is 0 Å². The van der Waals surface area contributed by atoms with Crippen molar-refractivity contribution in [1.82, 2.24) is 0 Å². The Balaban J connectivity index is 1.72. The Morgan fingerprint density at radius 3 is 2.33 bits per heavy atom. The molecular formula is C30H29N3O2S. The Kier molecular flexibility index (Phi) is 7.61. The first-order valence-electron chi connectivity index (χ1n) is 12.0. The van der Waals surface area contributed by atoms with Crippen LogP contribution in [0.25, 0.3) is 0 Å². The monoisotopic (exact) mass is 495 g/mol. The summed E-state index contributed by atoms with van der Waals surface area (Å²) in [7, 11) is 0. The number of hydrogen-bond acceptors (Lipinski definition) is 4. The fourth-order valence-electron chi connectivity index (χ4n) is 4.05. The lowest BCUT2D eigenvalue weighted by molar-refractivity contribution is -0.117. The quantitative estimate of drug-likeness (QED) is 0.313. The van der Waals surface area contributed by atoms with Gasteiger partial charge in [-0.1, -0.05) is 74.1 Å². The van der Waals surface area contributed by atoms with Gasteiger partial charge in [0.05, 0.1) is 5.25 Å². The van der Waals surface area contributed by atoms with Crippen molar-refractivity contribution in [2.45, 2.75) is 45.3 Å². The van der Waals surface area contributed by atoms with Gasteiger partial charge in [-0.25, -0.2) is 0 Å². The molecule has 2 amide bonds. The van der Waals surface area contributed by atoms with Gasteiger partial charge in [-0.05, 0) is 72.7 Å². The lowest BCUT2D eigenvalue weighted by Crippen LogP contribution is -2.31. The molecule has 1 atom stereocenters. The van der Waals surface area contributed by atoms with E-state index in [4.69, 9.17) is 0 Å². The molecule has 1 saturated heterocycles. The van der Waals surface area contributed by atoms with Crippen LogP contribution in [-0.2, 0) is 16.0 Å². The molecule has 6 heteroatoms. The highest BCUT2D eigenvalue weighted by molar-refractivity contribution is 8.05. The SMILES string of the molecule is Cc1ccc(N2C(=O)C(Cc3ccc(C(C)C)cc3)S/C2=C(/C#N)C(=O)Nc2ccccc2)cc1C. The van der Waals surface area contributed by atoms with Crippen molar-refractivity contribution in [2.75, 3.05) is 10.2 Å². The van der Waals surface area contributed by atoms with E-state index in [1.54, 1.807) is 12.1 Å². The first kappa shape index (κ1) is 25.3. The molecule has 36 heavy (non-hydrogen) atoms. The van der Waals surface area contributed by atoms with E-state index in [-0.39, 0.29) is 11.5 Å². The Morgan fingerprint density at radius 2 is 1.72 bits per heavy atom. The van der Waals surface area contributed by atoms with Gasteiger partial charge in [-0.2, -0.15) is 5.26 Å². The van der Waals surface area contributed by atoms with Crippen LogP contribution >= 0.6 is 11.8 Å². The molecule has 0 spiro atoms. The highest BCUT2D eigenvalue weighted by Gasteiger charge is 2.41. The van der Waals surface area contributed by atoms with E-state index in [1.165, 1.54) is 22.2 Å². The molecule has 1 fully saturated rings. The summed E-state index contributed by atoms with van der Waals surface area (Å²) in [5.41, 5.74) is 5.59. The van der Waals surface area contributed by atoms with Gasteiger partial charge in [-0.3, -0.25) is 14.5 Å². The molecule has 0 aliphatic carbocycles. The van der Waals surface area contributed by atoms with E-state index in [9.17, 15) is 14.9 Å². The van der Waals surface area contributed by atoms with Crippen molar-refractivity contribution >= 4 is 35.0 Å². The van der Waals surface area contributed by atoms with E-state index < -0.39 is 11.2 Å². The van der Waals surface area contributed by atoms with E-state index in [0.29, 0.717) is 28.7 Å². The van der Waals surface area contributed by atoms with Crippen molar-refractivity contribution in [3.63, 3.8) is 0 Å². The third-order valence-electron chi connectivity index (χ3n) is 6.35. The Bertz CT molecular complexity index is 1360. The van der Waals surface area contributed by atoms with E-state index in [2.05, 4.69) is 49.5 Å². The van der Waals surface area contributed by atoms with Crippen LogP contribution in [0.1, 0.15) is 42.0 Å². The minimum Gasteiger partial charge on any atom is -0.321 e. The largest absolute Gasteiger partial charge is 0.321 e. The highest BCUT2D eigenvalue weighted by atomic mass is 32.2. The Hall–Kier alpha value is -3.82. The van der Waals surface area contributed by atoms with E-state index in [0.717, 1.165) is 16.7 Å². The predicted octanol–water partition coefficient (Wildman–Crippen LogP) is 6.49. The first-order chi connectivity index (χ1) is 17.3. The van der Waals surface area contributed by atoms with Gasteiger partial charge in [0.25, 0.3) is 5.91 Å². The molecular weight excluding hydrogens is 466 g/mol. The molecule has 1 aliphatic heterocycles. The molecule has 4 rings (SSSR count). The molecule has 1 N–H and O–H groups in total. The molecule has 5 nitrogen and oxygen atoms in total. The number of nitrogens with zero attached hydrogens (tertiary/aromatic N) is 2. The number of nitrogens with one attached hydrogen (secondary N) is 1. The lowest BCUT2D eigenvalue weighted by Gasteiger charge is -2.20. The lowest BCUT2D eigenvalue weighted by atomic mass is 10.00. The average molecular weight is 496 g/mol. The van der Waals surface area contributed by atoms with Gasteiger partial charge in [0.1, 0.15) is 16.7 Å². The second-order valence-electron chi connectivity index (χ2n) is 9.26. The van der Waals surface area contributed by atoms with Crippen LogP contribution in [-0.4, -0.2) is 17.1 Å². The Morgan fingerprint density at radius 1 is 1.03 bits per heavy atom. The minimum atomic E-state index is -0.533. The summed E-state index contributed by atoms with van der Waals surface area (Å²) in [4.78, 5) is 28.4. The van der Waals surface area contributed by atoms with Gasteiger partial charge in [0, 0.05) is 11.4 Å². The second kappa shape index (κ2) is 10.8. The molecule has 0 radical (unpaired) electrons. The molecule has 1 unspecified atom stereocenters. The molecule has 0 saturated carbocycles. The Labute approximate surface area is 216 Å². The molecule has 3 aromatic rings. The number of aryl methyl sites for hydroxylation is 2. The summed E-state index contributed by atoms with van der Waals surface area (Å²) in [5.74, 6) is -0.237. The van der Waals surface area contributed by atoms with Crippen LogP contribution in [0.3, 0.4) is 0 Å². The summed E-state index contributed by atoms with van der Waals surface area (Å²) in [5, 5.41) is 12.7. The van der Waals surface area contributed by atoms with Crippen LogP contribution in [0, 0.1) is 25.2 Å². The summed E-state index contributed by atoms with van der Waals surface area (Å²) in [6, 6.07) is 25.1. The van der Waals surface area contributed by atoms with Crippen LogP contribution in [0.2, 0.25) is 0 Å². The van der Waals surface area contributed by atoms with Crippen molar-refractivity contribution in [3.8, 4) is 6.07 Å². The summed E-state index contributed by atoms with van der Waals surface area (Å²) in [6.07, 6.45) is 0.506. The summed E-state index contributed by atoms with van der Waals surface area (Å²) >= 11 is 1.28. The number of benzene rings is 3. The van der Waals surface area contributed by atoms with E-state index >= 15 is 0 Å². The second-order valence-corrected chi connectivity index (χ2v) is 10.5. The molecule has 182 valence electrons. The van der Waals surface area contributed by atoms with Gasteiger partial charge in [0.2, 0.25) is 5.91 Å². The van der Waals surface area contributed by atoms with Crippen LogP contribution in [0.4, 0.5) is 11.4 Å². The first-order valence-corrected chi connectivity index (χ1v) is 12.8. The van der Waals surface area contributed by atoms with Crippen molar-refractivity contribution in [1.29, 1.82) is 5.26 Å². The number of thioether (sulfide) groups is 1. The average Bonchev–Trinajstić information content (AvgIpc) is 3.17. The highest BCUT2D eigenvalue weighted by Crippen LogP contribution is 2.42. The third-order valence-corrected chi connectivity index (χ3v) is 7.62. The number of hydrogen-bond donors (Lipinski definition) is 1. The summed E-state index contributed by atoms with van der Waals surface area (Å²) < 4.78 is 0. The van der Waals surface area contributed by atoms with E-state index in [1.807, 2.05) is 50.2 Å². The fraction of sp³-hybridized carbons (Fsp3) is 0.233. The summed E-state index contributed by atoms with van der Waals surface area (Å²) in [6.45, 7) is 8.28. The molecule has 1 aliphatic rings. The maximum Gasteiger partial charge on any atom is 0.269 e. The molecule has 3 aromatic carbocycles. The maximum absolute atomic E-state index is 13.7. The zero-order valence-corrected chi connectivity index (χ0v) is 21.7. The van der Waals surface area contributed by atoms with Crippen molar-refractivity contribution in [3.05, 3.63) is 106 Å².